The summed E-state index contributed by atoms with van der Waals surface area (Å²) in [6.07, 6.45) is 10.1. The van der Waals surface area contributed by atoms with Crippen molar-refractivity contribution in [1.82, 2.24) is 9.13 Å². The highest BCUT2D eigenvalue weighted by Gasteiger charge is 2.28. The topological polar surface area (TPSA) is 71.0 Å². The predicted molar refractivity (Wildman–Crippen MR) is 125 cm³/mol. The van der Waals surface area contributed by atoms with Crippen LogP contribution in [0.2, 0.25) is 0 Å². The van der Waals surface area contributed by atoms with Crippen molar-refractivity contribution < 1.29 is 9.90 Å². The highest BCUT2D eigenvalue weighted by molar-refractivity contribution is 5.96. The van der Waals surface area contributed by atoms with Crippen molar-refractivity contribution in [3.8, 4) is 5.75 Å². The van der Waals surface area contributed by atoms with Gasteiger partial charge in [0.05, 0.1) is 6.54 Å². The molecule has 5 nitrogen and oxygen atoms in total. The molecule has 0 aliphatic heterocycles. The molecule has 0 bridgehead atoms. The van der Waals surface area contributed by atoms with E-state index in [0.717, 1.165) is 30.0 Å². The lowest BCUT2D eigenvalue weighted by atomic mass is 9.78. The number of imidazole rings is 1. The van der Waals surface area contributed by atoms with Crippen LogP contribution in [0.15, 0.2) is 24.5 Å². The lowest BCUT2D eigenvalue weighted by Gasteiger charge is -2.28. The van der Waals surface area contributed by atoms with Crippen molar-refractivity contribution in [1.29, 1.82) is 5.41 Å². The molecule has 1 saturated carbocycles. The molecule has 0 radical (unpaired) electrons. The molecule has 1 aromatic heterocycles. The zero-order chi connectivity index (χ0) is 23.0. The Morgan fingerprint density at radius 1 is 1.00 bits per heavy atom. The van der Waals surface area contributed by atoms with E-state index >= 15 is 0 Å². The van der Waals surface area contributed by atoms with Crippen molar-refractivity contribution in [2.45, 2.75) is 97.6 Å². The number of nitrogens with zero attached hydrogens (tertiary/aromatic N) is 2. The quantitative estimate of drug-likeness (QED) is 0.597. The predicted octanol–water partition coefficient (Wildman–Crippen LogP) is 5.53. The van der Waals surface area contributed by atoms with E-state index in [2.05, 4.69) is 0 Å². The molecule has 0 amide bonds. The summed E-state index contributed by atoms with van der Waals surface area (Å²) >= 11 is 0. The van der Waals surface area contributed by atoms with Crippen LogP contribution in [0.5, 0.6) is 5.75 Å². The van der Waals surface area contributed by atoms with E-state index in [0.29, 0.717) is 11.2 Å². The average molecular weight is 426 g/mol. The van der Waals surface area contributed by atoms with Crippen molar-refractivity contribution in [3.63, 3.8) is 0 Å². The number of ketones is 1. The third-order valence-electron chi connectivity index (χ3n) is 6.59. The SMILES string of the molecule is CC(C)(C)c1cc(C(=O)Cn2ccn(CCC3CCCC3)c2=N)cc(C(C)(C)C)c1O. The zero-order valence-corrected chi connectivity index (χ0v) is 20.1. The van der Waals surface area contributed by atoms with Crippen molar-refractivity contribution in [2.24, 2.45) is 5.92 Å². The molecule has 1 aliphatic rings. The molecule has 2 N–H and O–H groups in total. The summed E-state index contributed by atoms with van der Waals surface area (Å²) in [4.78, 5) is 13.2. The number of aryl methyl sites for hydroxylation is 1. The molecule has 31 heavy (non-hydrogen) atoms. The maximum absolute atomic E-state index is 13.2. The standard InChI is InChI=1S/C26H39N3O2/c1-25(2,3)20-15-19(16-21(23(20)31)26(4,5)6)22(30)17-29-14-13-28(24(29)27)12-11-18-9-7-8-10-18/h13-16,18,27,31H,7-12,17H2,1-6H3. The Morgan fingerprint density at radius 3 is 2.03 bits per heavy atom. The molecule has 1 fully saturated rings. The second-order valence-electron chi connectivity index (χ2n) is 11.2. The monoisotopic (exact) mass is 425 g/mol. The summed E-state index contributed by atoms with van der Waals surface area (Å²) in [5, 5.41) is 19.4. The van der Waals surface area contributed by atoms with Gasteiger partial charge in [-0.1, -0.05) is 67.2 Å². The first kappa shape index (κ1) is 23.4. The van der Waals surface area contributed by atoms with Gasteiger partial charge in [0.25, 0.3) is 0 Å². The molecule has 0 unspecified atom stereocenters. The van der Waals surface area contributed by atoms with Crippen LogP contribution in [0.1, 0.15) is 95.1 Å². The Morgan fingerprint density at radius 2 is 1.52 bits per heavy atom. The number of phenolic OH excluding ortho intramolecular Hbond substituents is 1. The van der Waals surface area contributed by atoms with Crippen LogP contribution in [0, 0.1) is 11.3 Å². The number of aromatic nitrogens is 2. The van der Waals surface area contributed by atoms with Crippen LogP contribution in [-0.2, 0) is 23.9 Å². The van der Waals surface area contributed by atoms with E-state index in [4.69, 9.17) is 5.41 Å². The molecular formula is C26H39N3O2. The number of rotatable bonds is 6. The molecular weight excluding hydrogens is 386 g/mol. The first-order valence-corrected chi connectivity index (χ1v) is 11.6. The van der Waals surface area contributed by atoms with Crippen LogP contribution >= 0.6 is 0 Å². The van der Waals surface area contributed by atoms with Gasteiger partial charge in [-0.05, 0) is 35.3 Å². The lowest BCUT2D eigenvalue weighted by Crippen LogP contribution is -2.28. The van der Waals surface area contributed by atoms with Crippen molar-refractivity contribution in [2.75, 3.05) is 0 Å². The minimum atomic E-state index is -0.280. The highest BCUT2D eigenvalue weighted by atomic mass is 16.3. The van der Waals surface area contributed by atoms with Crippen LogP contribution in [0.4, 0.5) is 0 Å². The Kier molecular flexibility index (Phi) is 6.54. The minimum absolute atomic E-state index is 0.0388. The number of hydrogen-bond acceptors (Lipinski definition) is 3. The largest absolute Gasteiger partial charge is 0.507 e. The van der Waals surface area contributed by atoms with Gasteiger partial charge >= 0.3 is 0 Å². The van der Waals surface area contributed by atoms with Gasteiger partial charge in [-0.25, -0.2) is 0 Å². The van der Waals surface area contributed by atoms with Crippen LogP contribution in [-0.4, -0.2) is 20.0 Å². The number of hydrogen-bond donors (Lipinski definition) is 2. The van der Waals surface area contributed by atoms with Gasteiger partial charge in [-0.3, -0.25) is 10.2 Å². The van der Waals surface area contributed by atoms with Gasteiger partial charge in [0.1, 0.15) is 5.75 Å². The minimum Gasteiger partial charge on any atom is -0.507 e. The van der Waals surface area contributed by atoms with Gasteiger partial charge in [0.2, 0.25) is 5.62 Å². The van der Waals surface area contributed by atoms with Gasteiger partial charge in [-0.2, -0.15) is 0 Å². The van der Waals surface area contributed by atoms with Crippen molar-refractivity contribution >= 4 is 5.78 Å². The summed E-state index contributed by atoms with van der Waals surface area (Å²) in [5.41, 5.74) is 1.98. The lowest BCUT2D eigenvalue weighted by molar-refractivity contribution is 0.0969. The van der Waals surface area contributed by atoms with Gasteiger partial charge < -0.3 is 14.2 Å². The molecule has 1 aromatic carbocycles. The molecule has 1 heterocycles. The fourth-order valence-corrected chi connectivity index (χ4v) is 4.58. The summed E-state index contributed by atoms with van der Waals surface area (Å²) in [5.74, 6) is 1.02. The fraction of sp³-hybridized carbons (Fsp3) is 0.615. The molecule has 3 rings (SSSR count). The Hall–Kier alpha value is -2.30. The number of Topliss-reactive ketones (excluding diaryl/α,β-unsaturated/α-hetero) is 1. The maximum Gasteiger partial charge on any atom is 0.202 e. The van der Waals surface area contributed by atoms with E-state index in [-0.39, 0.29) is 28.9 Å². The molecule has 2 aromatic rings. The molecule has 5 heteroatoms. The summed E-state index contributed by atoms with van der Waals surface area (Å²) in [7, 11) is 0. The van der Waals surface area contributed by atoms with E-state index in [1.807, 2.05) is 70.6 Å². The number of benzene rings is 1. The van der Waals surface area contributed by atoms with E-state index < -0.39 is 0 Å². The third-order valence-corrected chi connectivity index (χ3v) is 6.59. The van der Waals surface area contributed by atoms with Gasteiger partial charge in [0.15, 0.2) is 5.78 Å². The molecule has 1 aliphatic carbocycles. The summed E-state index contributed by atoms with van der Waals surface area (Å²) in [6.45, 7) is 13.2. The first-order valence-electron chi connectivity index (χ1n) is 11.6. The van der Waals surface area contributed by atoms with E-state index in [1.54, 1.807) is 4.57 Å². The Labute approximate surface area is 186 Å². The Balaban J connectivity index is 1.84. The number of nitrogens with one attached hydrogen (secondary N) is 1. The summed E-state index contributed by atoms with van der Waals surface area (Å²) in [6, 6.07) is 3.66. The third kappa shape index (κ3) is 5.31. The van der Waals surface area contributed by atoms with Crippen LogP contribution < -0.4 is 5.62 Å². The smallest absolute Gasteiger partial charge is 0.202 e. The van der Waals surface area contributed by atoms with Crippen molar-refractivity contribution in [3.05, 3.63) is 46.8 Å². The Bertz CT molecular complexity index is 958. The second kappa shape index (κ2) is 8.68. The highest BCUT2D eigenvalue weighted by Crippen LogP contribution is 2.39. The molecule has 0 atom stereocenters. The van der Waals surface area contributed by atoms with E-state index in [9.17, 15) is 9.90 Å². The van der Waals surface area contributed by atoms with Crippen LogP contribution in [0.3, 0.4) is 0 Å². The molecule has 170 valence electrons. The molecule has 0 saturated heterocycles. The van der Waals surface area contributed by atoms with Gasteiger partial charge in [-0.15, -0.1) is 0 Å². The number of aromatic hydroxyl groups is 1. The molecule has 0 spiro atoms. The van der Waals surface area contributed by atoms with E-state index in [1.165, 1.54) is 25.7 Å². The number of carbonyl (C=O) groups excluding carboxylic acids is 1. The van der Waals surface area contributed by atoms with Crippen LogP contribution in [0.25, 0.3) is 0 Å². The average Bonchev–Trinajstić information content (AvgIpc) is 3.29. The normalized spacial score (nSPS) is 15.5. The second-order valence-corrected chi connectivity index (χ2v) is 11.2. The summed E-state index contributed by atoms with van der Waals surface area (Å²) < 4.78 is 3.67. The number of phenols is 1. The maximum atomic E-state index is 13.2. The van der Waals surface area contributed by atoms with Gasteiger partial charge in [0, 0.05) is 35.6 Å². The number of carbonyl (C=O) groups is 1. The fourth-order valence-electron chi connectivity index (χ4n) is 4.58. The first-order chi connectivity index (χ1) is 14.4. The zero-order valence-electron chi connectivity index (χ0n) is 20.1.